The molecule has 0 unspecified atom stereocenters. The van der Waals surface area contributed by atoms with E-state index in [-0.39, 0.29) is 5.91 Å². The molecule has 6 nitrogen and oxygen atoms in total. The first kappa shape index (κ1) is 18.9. The van der Waals surface area contributed by atoms with Gasteiger partial charge in [0, 0.05) is 31.9 Å². The minimum Gasteiger partial charge on any atom is -0.444 e. The van der Waals surface area contributed by atoms with Crippen LogP contribution in [-0.4, -0.2) is 29.1 Å². The maximum Gasteiger partial charge on any atom is 0.407 e. The summed E-state index contributed by atoms with van der Waals surface area (Å²) in [5, 5.41) is 5.57. The fourth-order valence-corrected chi connectivity index (χ4v) is 1.88. The molecule has 0 saturated heterocycles. The number of aromatic nitrogens is 1. The van der Waals surface area contributed by atoms with Crippen molar-refractivity contribution in [2.24, 2.45) is 0 Å². The molecule has 6 heteroatoms. The number of rotatable bonds is 8. The predicted octanol–water partition coefficient (Wildman–Crippen LogP) is 2.78. The maximum absolute atomic E-state index is 11.7. The number of pyridine rings is 1. The Morgan fingerprint density at radius 3 is 2.61 bits per heavy atom. The van der Waals surface area contributed by atoms with Crippen LogP contribution in [0, 0.1) is 0 Å². The molecule has 0 atom stereocenters. The second kappa shape index (κ2) is 9.82. The summed E-state index contributed by atoms with van der Waals surface area (Å²) in [5.74, 6) is 0.0361. The lowest BCUT2D eigenvalue weighted by atomic mass is 10.2. The smallest absolute Gasteiger partial charge is 0.407 e. The second-order valence-corrected chi connectivity index (χ2v) is 6.38. The molecule has 1 rings (SSSR count). The van der Waals surface area contributed by atoms with Crippen LogP contribution in [0.15, 0.2) is 24.5 Å². The molecule has 1 aromatic heterocycles. The molecule has 0 saturated carbocycles. The first-order chi connectivity index (χ1) is 10.9. The number of unbranched alkanes of at least 4 members (excludes halogenated alkanes) is 2. The van der Waals surface area contributed by atoms with Crippen LogP contribution >= 0.6 is 0 Å². The number of nitrogens with one attached hydrogen (secondary N) is 2. The van der Waals surface area contributed by atoms with Crippen molar-refractivity contribution in [1.82, 2.24) is 15.6 Å². The Labute approximate surface area is 138 Å². The van der Waals surface area contributed by atoms with Crippen LogP contribution in [0.5, 0.6) is 0 Å². The molecule has 0 fully saturated rings. The number of amides is 2. The standard InChI is InChI=1S/C17H27N3O3/c1-17(2,3)23-16(22)19-11-6-4-5-9-15(21)20-13-14-8-7-10-18-12-14/h7-8,10,12H,4-6,9,11,13H2,1-3H3,(H,19,22)(H,20,21). The topological polar surface area (TPSA) is 80.3 Å². The molecule has 0 aliphatic heterocycles. The lowest BCUT2D eigenvalue weighted by Gasteiger charge is -2.19. The van der Waals surface area contributed by atoms with Gasteiger partial charge in [0.25, 0.3) is 0 Å². The third kappa shape index (κ3) is 10.3. The van der Waals surface area contributed by atoms with Crippen molar-refractivity contribution in [2.75, 3.05) is 6.54 Å². The van der Waals surface area contributed by atoms with E-state index < -0.39 is 11.7 Å². The minimum atomic E-state index is -0.476. The van der Waals surface area contributed by atoms with E-state index in [1.54, 1.807) is 12.4 Å². The number of hydrogen-bond acceptors (Lipinski definition) is 4. The molecule has 0 aliphatic rings. The van der Waals surface area contributed by atoms with Gasteiger partial charge in [0.2, 0.25) is 5.91 Å². The summed E-state index contributed by atoms with van der Waals surface area (Å²) in [6, 6.07) is 3.77. The molecule has 128 valence electrons. The highest BCUT2D eigenvalue weighted by Gasteiger charge is 2.15. The Morgan fingerprint density at radius 2 is 1.96 bits per heavy atom. The highest BCUT2D eigenvalue weighted by molar-refractivity contribution is 5.75. The summed E-state index contributed by atoms with van der Waals surface area (Å²) >= 11 is 0. The van der Waals surface area contributed by atoms with Gasteiger partial charge in [-0.1, -0.05) is 12.5 Å². The molecular formula is C17H27N3O3. The van der Waals surface area contributed by atoms with Gasteiger partial charge in [-0.15, -0.1) is 0 Å². The third-order valence-electron chi connectivity index (χ3n) is 2.96. The Bertz CT molecular complexity index is 484. The summed E-state index contributed by atoms with van der Waals surface area (Å²) in [7, 11) is 0. The lowest BCUT2D eigenvalue weighted by molar-refractivity contribution is -0.121. The van der Waals surface area contributed by atoms with Crippen molar-refractivity contribution in [3.05, 3.63) is 30.1 Å². The van der Waals surface area contributed by atoms with Gasteiger partial charge >= 0.3 is 6.09 Å². The molecule has 23 heavy (non-hydrogen) atoms. The Kier molecular flexibility index (Phi) is 8.08. The zero-order valence-corrected chi connectivity index (χ0v) is 14.2. The highest BCUT2D eigenvalue weighted by atomic mass is 16.6. The first-order valence-corrected chi connectivity index (χ1v) is 7.99. The van der Waals surface area contributed by atoms with Gasteiger partial charge in [0.15, 0.2) is 0 Å². The Hall–Kier alpha value is -2.11. The predicted molar refractivity (Wildman–Crippen MR) is 88.8 cm³/mol. The van der Waals surface area contributed by atoms with Crippen LogP contribution in [0.25, 0.3) is 0 Å². The molecule has 1 heterocycles. The highest BCUT2D eigenvalue weighted by Crippen LogP contribution is 2.06. The Balaban J connectivity index is 2.00. The van der Waals surface area contributed by atoms with Gasteiger partial charge in [-0.3, -0.25) is 9.78 Å². The van der Waals surface area contributed by atoms with Crippen molar-refractivity contribution < 1.29 is 14.3 Å². The lowest BCUT2D eigenvalue weighted by Crippen LogP contribution is -2.33. The number of ether oxygens (including phenoxy) is 1. The van der Waals surface area contributed by atoms with E-state index in [4.69, 9.17) is 4.74 Å². The number of carbonyl (C=O) groups is 2. The average Bonchev–Trinajstić information content (AvgIpc) is 2.48. The second-order valence-electron chi connectivity index (χ2n) is 6.38. The molecule has 2 amide bonds. The van der Waals surface area contributed by atoms with Crippen molar-refractivity contribution >= 4 is 12.0 Å². The van der Waals surface area contributed by atoms with Crippen LogP contribution in [0.1, 0.15) is 52.0 Å². The summed E-state index contributed by atoms with van der Waals surface area (Å²) in [6.45, 7) is 6.56. The first-order valence-electron chi connectivity index (χ1n) is 7.99. The number of alkyl carbamates (subject to hydrolysis) is 1. The zero-order valence-electron chi connectivity index (χ0n) is 14.2. The van der Waals surface area contributed by atoms with Crippen LogP contribution in [0.4, 0.5) is 4.79 Å². The summed E-state index contributed by atoms with van der Waals surface area (Å²) in [6.07, 6.45) is 6.05. The van der Waals surface area contributed by atoms with E-state index in [0.29, 0.717) is 19.5 Å². The van der Waals surface area contributed by atoms with E-state index >= 15 is 0 Å². The molecule has 0 bridgehead atoms. The van der Waals surface area contributed by atoms with E-state index in [1.165, 1.54) is 0 Å². The van der Waals surface area contributed by atoms with Crippen molar-refractivity contribution in [1.29, 1.82) is 0 Å². The van der Waals surface area contributed by atoms with Gasteiger partial charge < -0.3 is 15.4 Å². The molecule has 0 aliphatic carbocycles. The van der Waals surface area contributed by atoms with Crippen molar-refractivity contribution in [3.63, 3.8) is 0 Å². The molecule has 1 aromatic rings. The molecule has 0 spiro atoms. The Morgan fingerprint density at radius 1 is 1.17 bits per heavy atom. The quantitative estimate of drug-likeness (QED) is 0.722. The molecular weight excluding hydrogens is 294 g/mol. The van der Waals surface area contributed by atoms with Gasteiger partial charge in [0.1, 0.15) is 5.60 Å². The number of hydrogen-bond donors (Lipinski definition) is 2. The fourth-order valence-electron chi connectivity index (χ4n) is 1.88. The maximum atomic E-state index is 11.7. The van der Waals surface area contributed by atoms with Gasteiger partial charge in [0.05, 0.1) is 0 Å². The van der Waals surface area contributed by atoms with E-state index in [1.807, 2.05) is 32.9 Å². The summed E-state index contributed by atoms with van der Waals surface area (Å²) < 4.78 is 5.14. The van der Waals surface area contributed by atoms with E-state index in [2.05, 4.69) is 15.6 Å². The number of carbonyl (C=O) groups excluding carboxylic acids is 2. The van der Waals surface area contributed by atoms with Gasteiger partial charge in [-0.2, -0.15) is 0 Å². The molecule has 0 aromatic carbocycles. The van der Waals surface area contributed by atoms with Crippen molar-refractivity contribution in [3.8, 4) is 0 Å². The van der Waals surface area contributed by atoms with Gasteiger partial charge in [-0.05, 0) is 45.2 Å². The largest absolute Gasteiger partial charge is 0.444 e. The molecule has 2 N–H and O–H groups in total. The van der Waals surface area contributed by atoms with E-state index in [0.717, 1.165) is 24.8 Å². The molecule has 0 radical (unpaired) electrons. The average molecular weight is 321 g/mol. The van der Waals surface area contributed by atoms with Crippen LogP contribution < -0.4 is 10.6 Å². The SMILES string of the molecule is CC(C)(C)OC(=O)NCCCCCC(=O)NCc1cccnc1. The van der Waals surface area contributed by atoms with Crippen LogP contribution in [0.3, 0.4) is 0 Å². The van der Waals surface area contributed by atoms with Gasteiger partial charge in [-0.25, -0.2) is 4.79 Å². The number of nitrogens with zero attached hydrogens (tertiary/aromatic N) is 1. The van der Waals surface area contributed by atoms with Crippen LogP contribution in [-0.2, 0) is 16.1 Å². The monoisotopic (exact) mass is 321 g/mol. The van der Waals surface area contributed by atoms with E-state index in [9.17, 15) is 9.59 Å². The minimum absolute atomic E-state index is 0.0361. The fraction of sp³-hybridized carbons (Fsp3) is 0.588. The zero-order chi connectivity index (χ0) is 17.1. The van der Waals surface area contributed by atoms with Crippen LogP contribution in [0.2, 0.25) is 0 Å². The summed E-state index contributed by atoms with van der Waals surface area (Å²) in [4.78, 5) is 27.1. The summed E-state index contributed by atoms with van der Waals surface area (Å²) in [5.41, 5.74) is 0.513. The van der Waals surface area contributed by atoms with Crippen molar-refractivity contribution in [2.45, 2.75) is 58.6 Å². The third-order valence-corrected chi connectivity index (χ3v) is 2.96. The normalized spacial score (nSPS) is 10.9.